The summed E-state index contributed by atoms with van der Waals surface area (Å²) in [5.74, 6) is 0.464. The van der Waals surface area contributed by atoms with Crippen LogP contribution in [0.1, 0.15) is 35.5 Å². The molecule has 1 aromatic carbocycles. The number of nitrogens with zero attached hydrogens (tertiary/aromatic N) is 1. The van der Waals surface area contributed by atoms with Crippen molar-refractivity contribution in [3.8, 4) is 0 Å². The van der Waals surface area contributed by atoms with E-state index in [9.17, 15) is 4.79 Å². The minimum absolute atomic E-state index is 0.146. The molecule has 112 valence electrons. The van der Waals surface area contributed by atoms with E-state index >= 15 is 0 Å². The molecular weight excluding hydrogens is 278 g/mol. The largest absolute Gasteiger partial charge is 0.370 e. The van der Waals surface area contributed by atoms with Crippen LogP contribution in [-0.4, -0.2) is 16.5 Å². The Morgan fingerprint density at radius 3 is 2.68 bits per heavy atom. The van der Waals surface area contributed by atoms with Crippen LogP contribution in [0.15, 0.2) is 30.3 Å². The first-order valence-corrected chi connectivity index (χ1v) is 7.36. The van der Waals surface area contributed by atoms with Crippen molar-refractivity contribution in [2.24, 2.45) is 0 Å². The number of anilines is 3. The van der Waals surface area contributed by atoms with Crippen LogP contribution >= 0.6 is 0 Å². The molecule has 4 rings (SSSR count). The van der Waals surface area contributed by atoms with Gasteiger partial charge in [0.1, 0.15) is 5.82 Å². The van der Waals surface area contributed by atoms with Gasteiger partial charge in [0.15, 0.2) is 0 Å². The van der Waals surface area contributed by atoms with Crippen molar-refractivity contribution in [1.29, 1.82) is 0 Å². The maximum Gasteiger partial charge on any atom is 0.259 e. The molecule has 5 heteroatoms. The number of hydrogen-bond acceptors (Lipinski definition) is 4. The lowest BCUT2D eigenvalue weighted by Crippen LogP contribution is -2.33. The number of pyridine rings is 1. The molecule has 0 unspecified atom stereocenters. The van der Waals surface area contributed by atoms with E-state index in [2.05, 4.69) is 24.5 Å². The van der Waals surface area contributed by atoms with E-state index in [1.807, 2.05) is 30.3 Å². The Labute approximate surface area is 128 Å². The number of ether oxygens (including phenoxy) is 1. The lowest BCUT2D eigenvalue weighted by atomic mass is 9.95. The molecule has 3 heterocycles. The predicted molar refractivity (Wildman–Crippen MR) is 84.5 cm³/mol. The third-order valence-corrected chi connectivity index (χ3v) is 4.08. The van der Waals surface area contributed by atoms with Crippen LogP contribution in [0.25, 0.3) is 0 Å². The van der Waals surface area contributed by atoms with Crippen molar-refractivity contribution < 1.29 is 9.53 Å². The topological polar surface area (TPSA) is 63.2 Å². The Morgan fingerprint density at radius 2 is 1.91 bits per heavy atom. The first kappa shape index (κ1) is 13.3. The number of amides is 1. The standard InChI is InChI=1S/C17H17N3O2/c1-17(2)8-14-10(9-22-17)7-11-15(19-14)18-12-5-3-4-6-13(12)20-16(11)21/h3-7H,8-9H2,1-2H3,(H,18,19)(H,20,21). The molecule has 0 saturated heterocycles. The maximum atomic E-state index is 12.4. The van der Waals surface area contributed by atoms with Gasteiger partial charge >= 0.3 is 0 Å². The van der Waals surface area contributed by atoms with Crippen LogP contribution in [0.5, 0.6) is 0 Å². The van der Waals surface area contributed by atoms with Gasteiger partial charge in [-0.05, 0) is 32.0 Å². The molecule has 0 atom stereocenters. The number of nitrogens with one attached hydrogen (secondary N) is 2. The van der Waals surface area contributed by atoms with Crippen LogP contribution in [0, 0.1) is 0 Å². The summed E-state index contributed by atoms with van der Waals surface area (Å²) in [6.45, 7) is 4.60. The molecule has 0 fully saturated rings. The van der Waals surface area contributed by atoms with E-state index in [1.165, 1.54) is 0 Å². The Hall–Kier alpha value is -2.40. The third kappa shape index (κ3) is 2.14. The first-order valence-electron chi connectivity index (χ1n) is 7.36. The second-order valence-corrected chi connectivity index (χ2v) is 6.34. The molecule has 2 aromatic rings. The van der Waals surface area contributed by atoms with Crippen molar-refractivity contribution in [3.05, 3.63) is 47.2 Å². The summed E-state index contributed by atoms with van der Waals surface area (Å²) in [7, 11) is 0. The van der Waals surface area contributed by atoms with Gasteiger partial charge < -0.3 is 15.4 Å². The van der Waals surface area contributed by atoms with Crippen molar-refractivity contribution in [2.75, 3.05) is 10.6 Å². The molecule has 1 aromatic heterocycles. The molecule has 2 aliphatic rings. The predicted octanol–water partition coefficient (Wildman–Crippen LogP) is 3.24. The molecule has 0 aliphatic carbocycles. The van der Waals surface area contributed by atoms with Crippen molar-refractivity contribution in [3.63, 3.8) is 0 Å². The Morgan fingerprint density at radius 1 is 1.18 bits per heavy atom. The summed E-state index contributed by atoms with van der Waals surface area (Å²) >= 11 is 0. The summed E-state index contributed by atoms with van der Waals surface area (Å²) in [6.07, 6.45) is 0.737. The van der Waals surface area contributed by atoms with Gasteiger partial charge in [-0.1, -0.05) is 12.1 Å². The fourth-order valence-corrected chi connectivity index (χ4v) is 2.89. The van der Waals surface area contributed by atoms with Crippen LogP contribution in [-0.2, 0) is 17.8 Å². The number of carbonyl (C=O) groups is 1. The minimum Gasteiger partial charge on any atom is -0.370 e. The van der Waals surface area contributed by atoms with E-state index in [0.717, 1.165) is 29.1 Å². The molecule has 22 heavy (non-hydrogen) atoms. The Bertz CT molecular complexity index is 783. The van der Waals surface area contributed by atoms with Gasteiger partial charge in [-0.2, -0.15) is 0 Å². The van der Waals surface area contributed by atoms with Gasteiger partial charge in [-0.3, -0.25) is 4.79 Å². The zero-order valence-corrected chi connectivity index (χ0v) is 12.6. The first-order chi connectivity index (χ1) is 10.5. The molecule has 5 nitrogen and oxygen atoms in total. The number of fused-ring (bicyclic) bond motifs is 3. The molecule has 0 spiro atoms. The lowest BCUT2D eigenvalue weighted by Gasteiger charge is -2.31. The van der Waals surface area contributed by atoms with E-state index in [0.29, 0.717) is 18.0 Å². The van der Waals surface area contributed by atoms with Crippen LogP contribution < -0.4 is 10.6 Å². The van der Waals surface area contributed by atoms with E-state index in [1.54, 1.807) is 0 Å². The number of aromatic nitrogens is 1. The van der Waals surface area contributed by atoms with Crippen LogP contribution in [0.4, 0.5) is 17.2 Å². The summed E-state index contributed by atoms with van der Waals surface area (Å²) in [5.41, 5.74) is 3.93. The lowest BCUT2D eigenvalue weighted by molar-refractivity contribution is -0.0412. The van der Waals surface area contributed by atoms with E-state index in [-0.39, 0.29) is 11.5 Å². The Balaban J connectivity index is 1.83. The number of benzene rings is 1. The fourth-order valence-electron chi connectivity index (χ4n) is 2.89. The highest BCUT2D eigenvalue weighted by Gasteiger charge is 2.30. The molecule has 2 aliphatic heterocycles. The second-order valence-electron chi connectivity index (χ2n) is 6.34. The van der Waals surface area contributed by atoms with Gasteiger partial charge in [0.2, 0.25) is 0 Å². The SMILES string of the molecule is CC1(C)Cc2nc3c(cc2CO1)C(=O)Nc1ccccc1N3. The summed E-state index contributed by atoms with van der Waals surface area (Å²) in [6, 6.07) is 9.52. The quantitative estimate of drug-likeness (QED) is 0.783. The van der Waals surface area contributed by atoms with E-state index in [4.69, 9.17) is 9.72 Å². The Kier molecular flexibility index (Phi) is 2.74. The monoisotopic (exact) mass is 295 g/mol. The molecular formula is C17H17N3O2. The summed E-state index contributed by atoms with van der Waals surface area (Å²) in [5, 5.41) is 6.19. The normalized spacial score (nSPS) is 18.2. The summed E-state index contributed by atoms with van der Waals surface area (Å²) in [4.78, 5) is 17.2. The van der Waals surface area contributed by atoms with Crippen LogP contribution in [0.2, 0.25) is 0 Å². The zero-order valence-electron chi connectivity index (χ0n) is 12.6. The maximum absolute atomic E-state index is 12.4. The minimum atomic E-state index is -0.223. The zero-order chi connectivity index (χ0) is 15.3. The second kappa shape index (κ2) is 4.55. The number of rotatable bonds is 0. The number of hydrogen-bond donors (Lipinski definition) is 2. The van der Waals surface area contributed by atoms with E-state index < -0.39 is 0 Å². The van der Waals surface area contributed by atoms with Gasteiger partial charge in [0, 0.05) is 12.0 Å². The molecule has 1 amide bonds. The fraction of sp³-hybridized carbons (Fsp3) is 0.294. The average molecular weight is 295 g/mol. The highest BCUT2D eigenvalue weighted by atomic mass is 16.5. The third-order valence-electron chi connectivity index (χ3n) is 4.08. The smallest absolute Gasteiger partial charge is 0.259 e. The number of para-hydroxylation sites is 2. The van der Waals surface area contributed by atoms with Gasteiger partial charge in [-0.25, -0.2) is 4.98 Å². The molecule has 2 N–H and O–H groups in total. The highest BCUT2D eigenvalue weighted by Crippen LogP contribution is 2.34. The molecule has 0 saturated carbocycles. The van der Waals surface area contributed by atoms with Gasteiger partial charge in [0.05, 0.1) is 34.8 Å². The molecule has 0 bridgehead atoms. The van der Waals surface area contributed by atoms with Gasteiger partial charge in [0.25, 0.3) is 5.91 Å². The average Bonchev–Trinajstić information content (AvgIpc) is 2.60. The van der Waals surface area contributed by atoms with Crippen LogP contribution in [0.3, 0.4) is 0 Å². The van der Waals surface area contributed by atoms with Crippen molar-refractivity contribution in [2.45, 2.75) is 32.5 Å². The molecule has 0 radical (unpaired) electrons. The van der Waals surface area contributed by atoms with Crippen molar-refractivity contribution >= 4 is 23.1 Å². The number of carbonyl (C=O) groups excluding carboxylic acids is 1. The highest BCUT2D eigenvalue weighted by molar-refractivity contribution is 6.11. The summed E-state index contributed by atoms with van der Waals surface area (Å²) < 4.78 is 5.82. The van der Waals surface area contributed by atoms with Crippen molar-refractivity contribution in [1.82, 2.24) is 4.98 Å². The van der Waals surface area contributed by atoms with Gasteiger partial charge in [-0.15, -0.1) is 0 Å².